The van der Waals surface area contributed by atoms with Crippen LogP contribution < -0.4 is 0 Å². The third-order valence-electron chi connectivity index (χ3n) is 9.19. The molecule has 0 amide bonds. The quantitative estimate of drug-likeness (QED) is 0.0511. The van der Waals surface area contributed by atoms with Crippen molar-refractivity contribution in [1.29, 1.82) is 0 Å². The Balaban J connectivity index is 3.47. The van der Waals surface area contributed by atoms with E-state index in [2.05, 4.69) is 13.8 Å². The zero-order valence-electron chi connectivity index (χ0n) is 30.7. The Morgan fingerprint density at radius 2 is 0.609 bits per heavy atom. The van der Waals surface area contributed by atoms with Gasteiger partial charge in [0.05, 0.1) is 25.0 Å². The summed E-state index contributed by atoms with van der Waals surface area (Å²) < 4.78 is 10.3. The van der Waals surface area contributed by atoms with Crippen molar-refractivity contribution in [2.75, 3.05) is 13.2 Å². The van der Waals surface area contributed by atoms with Crippen molar-refractivity contribution in [2.24, 2.45) is 0 Å². The number of aliphatic hydroxyl groups is 2. The van der Waals surface area contributed by atoms with Crippen molar-refractivity contribution in [1.82, 2.24) is 0 Å². The van der Waals surface area contributed by atoms with E-state index in [1.807, 2.05) is 0 Å². The molecule has 0 fully saturated rings. The Bertz CT molecular complexity index is 585. The van der Waals surface area contributed by atoms with Gasteiger partial charge in [-0.15, -0.1) is 0 Å². The van der Waals surface area contributed by atoms with Crippen LogP contribution >= 0.6 is 0 Å². The third-order valence-corrected chi connectivity index (χ3v) is 9.19. The summed E-state index contributed by atoms with van der Waals surface area (Å²) in [6.45, 7) is 4.48. The zero-order valence-corrected chi connectivity index (χ0v) is 30.7. The van der Waals surface area contributed by atoms with Gasteiger partial charge in [0.2, 0.25) is 0 Å². The number of hydrogen-bond acceptors (Lipinski definition) is 6. The average molecular weight is 655 g/mol. The molecule has 2 N–H and O–H groups in total. The van der Waals surface area contributed by atoms with Crippen molar-refractivity contribution in [3.8, 4) is 0 Å². The lowest BCUT2D eigenvalue weighted by molar-refractivity contribution is -0.153. The van der Waals surface area contributed by atoms with Crippen LogP contribution in [0.1, 0.15) is 219 Å². The molecule has 0 radical (unpaired) electrons. The van der Waals surface area contributed by atoms with Crippen LogP contribution in [0.5, 0.6) is 0 Å². The van der Waals surface area contributed by atoms with Gasteiger partial charge in [-0.25, -0.2) is 0 Å². The SMILES string of the molecule is CCCCCCCCCCCCCCCCC(O)COC(=O)CCC(=O)OCC(O)CCCCCCCCCCCCCCCC. The fourth-order valence-electron chi connectivity index (χ4n) is 6.04. The van der Waals surface area contributed by atoms with Gasteiger partial charge < -0.3 is 19.7 Å². The van der Waals surface area contributed by atoms with Crippen molar-refractivity contribution < 1.29 is 29.3 Å². The molecule has 0 aromatic heterocycles. The summed E-state index contributed by atoms with van der Waals surface area (Å²) in [6.07, 6.45) is 36.1. The fourth-order valence-corrected chi connectivity index (χ4v) is 6.04. The highest BCUT2D eigenvalue weighted by molar-refractivity contribution is 5.77. The van der Waals surface area contributed by atoms with Gasteiger partial charge in [0, 0.05) is 0 Å². The predicted octanol–water partition coefficient (Wildman–Crippen LogP) is 11.3. The van der Waals surface area contributed by atoms with Gasteiger partial charge in [-0.3, -0.25) is 9.59 Å². The lowest BCUT2D eigenvalue weighted by Crippen LogP contribution is -2.21. The minimum Gasteiger partial charge on any atom is -0.463 e. The first-order chi connectivity index (χ1) is 22.5. The maximum Gasteiger partial charge on any atom is 0.306 e. The molecule has 0 saturated carbocycles. The summed E-state index contributed by atoms with van der Waals surface area (Å²) in [4.78, 5) is 23.9. The minimum absolute atomic E-state index is 0.0236. The summed E-state index contributed by atoms with van der Waals surface area (Å²) in [7, 11) is 0. The number of unbranched alkanes of at least 4 members (excludes halogenated alkanes) is 26. The first-order valence-corrected chi connectivity index (χ1v) is 20.2. The Hall–Kier alpha value is -1.14. The maximum absolute atomic E-state index is 12.0. The molecule has 274 valence electrons. The van der Waals surface area contributed by atoms with E-state index < -0.39 is 24.1 Å². The predicted molar refractivity (Wildman–Crippen MR) is 193 cm³/mol. The van der Waals surface area contributed by atoms with Crippen LogP contribution in [0.4, 0.5) is 0 Å². The number of carbonyl (C=O) groups excluding carboxylic acids is 2. The Labute approximate surface area is 285 Å². The summed E-state index contributed by atoms with van der Waals surface area (Å²) in [5.41, 5.74) is 0. The number of carbonyl (C=O) groups is 2. The van der Waals surface area contributed by atoms with E-state index >= 15 is 0 Å². The third kappa shape index (κ3) is 35.7. The second-order valence-corrected chi connectivity index (χ2v) is 13.9. The fraction of sp³-hybridized carbons (Fsp3) is 0.950. The molecule has 0 aliphatic heterocycles. The molecule has 0 aromatic carbocycles. The van der Waals surface area contributed by atoms with Crippen LogP contribution in [-0.2, 0) is 19.1 Å². The first kappa shape index (κ1) is 44.9. The Morgan fingerprint density at radius 3 is 0.848 bits per heavy atom. The molecule has 0 aliphatic carbocycles. The highest BCUT2D eigenvalue weighted by atomic mass is 16.5. The van der Waals surface area contributed by atoms with Crippen molar-refractivity contribution in [3.05, 3.63) is 0 Å². The second kappa shape index (κ2) is 36.7. The van der Waals surface area contributed by atoms with Crippen LogP contribution in [0.25, 0.3) is 0 Å². The lowest BCUT2D eigenvalue weighted by Gasteiger charge is -2.12. The minimum atomic E-state index is -0.654. The molecule has 6 nitrogen and oxygen atoms in total. The van der Waals surface area contributed by atoms with E-state index in [1.165, 1.54) is 154 Å². The van der Waals surface area contributed by atoms with E-state index in [9.17, 15) is 19.8 Å². The van der Waals surface area contributed by atoms with Gasteiger partial charge in [-0.2, -0.15) is 0 Å². The van der Waals surface area contributed by atoms with Gasteiger partial charge in [0.25, 0.3) is 0 Å². The molecule has 0 bridgehead atoms. The number of aliphatic hydroxyl groups excluding tert-OH is 2. The molecule has 0 aromatic rings. The van der Waals surface area contributed by atoms with Crippen LogP contribution in [0.15, 0.2) is 0 Å². The maximum atomic E-state index is 12.0. The Morgan fingerprint density at radius 1 is 0.391 bits per heavy atom. The molecule has 0 heterocycles. The van der Waals surface area contributed by atoms with E-state index in [1.54, 1.807) is 0 Å². The molecule has 0 saturated heterocycles. The van der Waals surface area contributed by atoms with E-state index in [0.29, 0.717) is 12.8 Å². The lowest BCUT2D eigenvalue weighted by atomic mass is 10.0. The monoisotopic (exact) mass is 655 g/mol. The topological polar surface area (TPSA) is 93.1 Å². The molecule has 6 heteroatoms. The highest BCUT2D eigenvalue weighted by Crippen LogP contribution is 2.15. The highest BCUT2D eigenvalue weighted by Gasteiger charge is 2.13. The van der Waals surface area contributed by atoms with Gasteiger partial charge in [0.1, 0.15) is 13.2 Å². The van der Waals surface area contributed by atoms with Gasteiger partial charge in [-0.05, 0) is 12.8 Å². The number of ether oxygens (including phenoxy) is 2. The van der Waals surface area contributed by atoms with Crippen molar-refractivity contribution >= 4 is 11.9 Å². The molecule has 2 atom stereocenters. The Kier molecular flexibility index (Phi) is 35.8. The standard InChI is InChI=1S/C40H78O6/c1-3-5-7-9-11-13-15-17-19-21-23-25-27-29-31-37(41)35-45-39(43)33-34-40(44)46-36-38(42)32-30-28-26-24-22-20-18-16-14-12-10-8-6-4-2/h37-38,41-42H,3-36H2,1-2H3. The van der Waals surface area contributed by atoms with Gasteiger partial charge >= 0.3 is 11.9 Å². The zero-order chi connectivity index (χ0) is 33.8. The van der Waals surface area contributed by atoms with E-state index in [-0.39, 0.29) is 26.1 Å². The molecule has 2 unspecified atom stereocenters. The summed E-state index contributed by atoms with van der Waals surface area (Å²) in [5.74, 6) is -1.00. The van der Waals surface area contributed by atoms with Crippen LogP contribution in [0, 0.1) is 0 Å². The summed E-state index contributed by atoms with van der Waals surface area (Å²) >= 11 is 0. The summed E-state index contributed by atoms with van der Waals surface area (Å²) in [5, 5.41) is 20.2. The van der Waals surface area contributed by atoms with Crippen molar-refractivity contribution in [3.63, 3.8) is 0 Å². The van der Waals surface area contributed by atoms with Crippen LogP contribution in [0.2, 0.25) is 0 Å². The number of rotatable bonds is 37. The van der Waals surface area contributed by atoms with Crippen LogP contribution in [0.3, 0.4) is 0 Å². The first-order valence-electron chi connectivity index (χ1n) is 20.2. The average Bonchev–Trinajstić information content (AvgIpc) is 3.05. The number of esters is 2. The van der Waals surface area contributed by atoms with E-state index in [0.717, 1.165) is 25.7 Å². The van der Waals surface area contributed by atoms with Gasteiger partial charge in [0.15, 0.2) is 0 Å². The van der Waals surface area contributed by atoms with Gasteiger partial charge in [-0.1, -0.05) is 194 Å². The van der Waals surface area contributed by atoms with Crippen molar-refractivity contribution in [2.45, 2.75) is 232 Å². The molecular weight excluding hydrogens is 576 g/mol. The number of hydrogen-bond donors (Lipinski definition) is 2. The molecule has 0 spiro atoms. The molecule has 0 aliphatic rings. The molecule has 0 rings (SSSR count). The molecule has 46 heavy (non-hydrogen) atoms. The summed E-state index contributed by atoms with van der Waals surface area (Å²) in [6, 6.07) is 0. The van der Waals surface area contributed by atoms with Crippen LogP contribution in [-0.4, -0.2) is 47.6 Å². The van der Waals surface area contributed by atoms with E-state index in [4.69, 9.17) is 9.47 Å². The largest absolute Gasteiger partial charge is 0.463 e. The molecular formula is C40H78O6. The normalized spacial score (nSPS) is 12.7. The second-order valence-electron chi connectivity index (χ2n) is 13.9. The smallest absolute Gasteiger partial charge is 0.306 e.